The van der Waals surface area contributed by atoms with E-state index >= 15 is 0 Å². The number of amides is 1. The molecule has 5 heteroatoms. The molecule has 0 atom stereocenters. The normalized spacial score (nSPS) is 10.5. The monoisotopic (exact) mass is 239 g/mol. The molecule has 0 saturated carbocycles. The van der Waals surface area contributed by atoms with Crippen LogP contribution in [0.25, 0.3) is 0 Å². The maximum Gasteiger partial charge on any atom is 0.228 e. The minimum Gasteiger partial charge on any atom is -0.395 e. The van der Waals surface area contributed by atoms with E-state index in [0.29, 0.717) is 19.5 Å². The highest BCUT2D eigenvalue weighted by molar-refractivity contribution is 5.78. The Morgan fingerprint density at radius 1 is 1.53 bits per heavy atom. The quantitative estimate of drug-likeness (QED) is 0.742. The number of H-pyrrole nitrogens is 1. The molecule has 0 fully saturated rings. The molecule has 17 heavy (non-hydrogen) atoms. The van der Waals surface area contributed by atoms with Crippen LogP contribution in [0.1, 0.15) is 31.2 Å². The first-order valence-corrected chi connectivity index (χ1v) is 6.07. The summed E-state index contributed by atoms with van der Waals surface area (Å²) in [7, 11) is 0. The third kappa shape index (κ3) is 4.56. The van der Waals surface area contributed by atoms with Gasteiger partial charge in [0.1, 0.15) is 0 Å². The van der Waals surface area contributed by atoms with Gasteiger partial charge in [-0.2, -0.15) is 5.10 Å². The van der Waals surface area contributed by atoms with Crippen molar-refractivity contribution in [1.29, 1.82) is 0 Å². The maximum absolute atomic E-state index is 12.0. The van der Waals surface area contributed by atoms with Crippen LogP contribution in [0.3, 0.4) is 0 Å². The highest BCUT2D eigenvalue weighted by atomic mass is 16.3. The van der Waals surface area contributed by atoms with Gasteiger partial charge in [-0.3, -0.25) is 9.89 Å². The third-order valence-corrected chi connectivity index (χ3v) is 2.60. The lowest BCUT2D eigenvalue weighted by molar-refractivity contribution is -0.131. The summed E-state index contributed by atoms with van der Waals surface area (Å²) in [5.74, 6) is 0.0269. The molecule has 0 aliphatic rings. The molecule has 0 spiro atoms. The summed E-state index contributed by atoms with van der Waals surface area (Å²) in [5, 5.41) is 15.8. The number of carbonyl (C=O) groups is 1. The average molecular weight is 239 g/mol. The Balaban J connectivity index is 2.52. The van der Waals surface area contributed by atoms with Gasteiger partial charge in [-0.05, 0) is 19.4 Å². The molecule has 1 heterocycles. The Labute approximate surface area is 102 Å². The minimum absolute atomic E-state index is 0.00898. The summed E-state index contributed by atoms with van der Waals surface area (Å²) in [6.45, 7) is 5.11. The van der Waals surface area contributed by atoms with Gasteiger partial charge in [-0.25, -0.2) is 0 Å². The predicted octanol–water partition coefficient (Wildman–Crippen LogP) is 0.882. The number of carbonyl (C=O) groups excluding carboxylic acids is 1. The second-order valence-corrected chi connectivity index (χ2v) is 4.18. The average Bonchev–Trinajstić information content (AvgIpc) is 2.70. The molecule has 1 amide bonds. The lowest BCUT2D eigenvalue weighted by Gasteiger charge is -2.21. The number of rotatable bonds is 7. The molecule has 0 unspecified atom stereocenters. The van der Waals surface area contributed by atoms with Crippen molar-refractivity contribution in [2.24, 2.45) is 0 Å². The third-order valence-electron chi connectivity index (χ3n) is 2.60. The molecular formula is C12H21N3O2. The number of nitrogens with one attached hydrogen (secondary N) is 1. The van der Waals surface area contributed by atoms with Gasteiger partial charge in [-0.1, -0.05) is 13.3 Å². The van der Waals surface area contributed by atoms with Crippen LogP contribution in [0.5, 0.6) is 0 Å². The lowest BCUT2D eigenvalue weighted by atomic mass is 10.2. The number of aliphatic hydroxyl groups excluding tert-OH is 1. The number of aryl methyl sites for hydroxylation is 1. The van der Waals surface area contributed by atoms with Gasteiger partial charge in [0.2, 0.25) is 5.91 Å². The number of hydrogen-bond donors (Lipinski definition) is 2. The number of aromatic amines is 1. The van der Waals surface area contributed by atoms with E-state index in [1.807, 2.05) is 13.0 Å². The van der Waals surface area contributed by atoms with Crippen LogP contribution in [0.15, 0.2) is 6.07 Å². The summed E-state index contributed by atoms with van der Waals surface area (Å²) in [6.07, 6.45) is 2.30. The fourth-order valence-corrected chi connectivity index (χ4v) is 1.66. The Morgan fingerprint density at radius 3 is 2.82 bits per heavy atom. The van der Waals surface area contributed by atoms with Crippen molar-refractivity contribution in [3.8, 4) is 0 Å². The molecular weight excluding hydrogens is 218 g/mol. The first kappa shape index (κ1) is 13.7. The van der Waals surface area contributed by atoms with Crippen molar-refractivity contribution in [3.05, 3.63) is 17.5 Å². The van der Waals surface area contributed by atoms with Crippen molar-refractivity contribution in [2.45, 2.75) is 33.1 Å². The first-order valence-electron chi connectivity index (χ1n) is 6.07. The van der Waals surface area contributed by atoms with Crippen molar-refractivity contribution in [1.82, 2.24) is 15.1 Å². The molecule has 1 aromatic rings. The zero-order valence-corrected chi connectivity index (χ0v) is 10.6. The number of nitrogens with zero attached hydrogens (tertiary/aromatic N) is 2. The van der Waals surface area contributed by atoms with Crippen LogP contribution in [-0.2, 0) is 11.2 Å². The van der Waals surface area contributed by atoms with Gasteiger partial charge in [0.05, 0.1) is 18.7 Å². The maximum atomic E-state index is 12.0. The molecule has 96 valence electrons. The van der Waals surface area contributed by atoms with E-state index < -0.39 is 0 Å². The second-order valence-electron chi connectivity index (χ2n) is 4.18. The van der Waals surface area contributed by atoms with E-state index in [9.17, 15) is 4.79 Å². The fraction of sp³-hybridized carbons (Fsp3) is 0.667. The van der Waals surface area contributed by atoms with E-state index in [-0.39, 0.29) is 12.5 Å². The van der Waals surface area contributed by atoms with Gasteiger partial charge in [0.15, 0.2) is 0 Å². The first-order chi connectivity index (χ1) is 8.17. The van der Waals surface area contributed by atoms with Crippen LogP contribution in [0.4, 0.5) is 0 Å². The predicted molar refractivity (Wildman–Crippen MR) is 65.6 cm³/mol. The fourth-order valence-electron chi connectivity index (χ4n) is 1.66. The van der Waals surface area contributed by atoms with Gasteiger partial charge < -0.3 is 10.0 Å². The number of aromatic nitrogens is 2. The summed E-state index contributed by atoms with van der Waals surface area (Å²) in [5.41, 5.74) is 1.71. The molecule has 0 aliphatic heterocycles. The molecule has 0 aromatic carbocycles. The topological polar surface area (TPSA) is 69.2 Å². The summed E-state index contributed by atoms with van der Waals surface area (Å²) in [6, 6.07) is 1.87. The van der Waals surface area contributed by atoms with Crippen molar-refractivity contribution >= 4 is 5.91 Å². The smallest absolute Gasteiger partial charge is 0.228 e. The van der Waals surface area contributed by atoms with Crippen LogP contribution < -0.4 is 0 Å². The van der Waals surface area contributed by atoms with Gasteiger partial charge >= 0.3 is 0 Å². The Bertz CT molecular complexity index is 349. The van der Waals surface area contributed by atoms with Gasteiger partial charge in [0, 0.05) is 18.8 Å². The van der Waals surface area contributed by atoms with Crippen molar-refractivity contribution < 1.29 is 9.90 Å². The summed E-state index contributed by atoms with van der Waals surface area (Å²) in [4.78, 5) is 13.7. The molecule has 0 aliphatic carbocycles. The Kier molecular flexibility index (Phi) is 5.69. The van der Waals surface area contributed by atoms with Crippen LogP contribution >= 0.6 is 0 Å². The zero-order chi connectivity index (χ0) is 12.7. The van der Waals surface area contributed by atoms with E-state index in [1.165, 1.54) is 0 Å². The number of unbranched alkanes of at least 4 members (excludes halogenated alkanes) is 1. The summed E-state index contributed by atoms with van der Waals surface area (Å²) >= 11 is 0. The molecule has 5 nitrogen and oxygen atoms in total. The number of aliphatic hydroxyl groups is 1. The molecule has 0 radical (unpaired) electrons. The summed E-state index contributed by atoms with van der Waals surface area (Å²) < 4.78 is 0. The molecule has 0 bridgehead atoms. The molecule has 0 saturated heterocycles. The lowest BCUT2D eigenvalue weighted by Crippen LogP contribution is -2.35. The Morgan fingerprint density at radius 2 is 2.29 bits per heavy atom. The van der Waals surface area contributed by atoms with E-state index in [4.69, 9.17) is 5.11 Å². The number of hydrogen-bond acceptors (Lipinski definition) is 3. The highest BCUT2D eigenvalue weighted by Gasteiger charge is 2.14. The standard InChI is InChI=1S/C12H21N3O2/c1-3-4-5-15(6-7-16)12(17)9-11-8-10(2)13-14-11/h8,16H,3-7,9H2,1-2H3,(H,13,14). The zero-order valence-electron chi connectivity index (χ0n) is 10.6. The van der Waals surface area contributed by atoms with Crippen LogP contribution in [0, 0.1) is 6.92 Å². The van der Waals surface area contributed by atoms with Gasteiger partial charge in [0.25, 0.3) is 0 Å². The van der Waals surface area contributed by atoms with Crippen molar-refractivity contribution in [2.75, 3.05) is 19.7 Å². The largest absolute Gasteiger partial charge is 0.395 e. The molecule has 1 aromatic heterocycles. The van der Waals surface area contributed by atoms with E-state index in [2.05, 4.69) is 17.1 Å². The van der Waals surface area contributed by atoms with Crippen molar-refractivity contribution in [3.63, 3.8) is 0 Å². The van der Waals surface area contributed by atoms with Crippen LogP contribution in [-0.4, -0.2) is 45.8 Å². The molecule has 1 rings (SSSR count). The minimum atomic E-state index is 0.00898. The van der Waals surface area contributed by atoms with E-state index in [0.717, 1.165) is 24.2 Å². The Hall–Kier alpha value is -1.36. The SMILES string of the molecule is CCCCN(CCO)C(=O)Cc1cc(C)[nH]n1. The van der Waals surface area contributed by atoms with Gasteiger partial charge in [-0.15, -0.1) is 0 Å². The second kappa shape index (κ2) is 7.06. The van der Waals surface area contributed by atoms with E-state index in [1.54, 1.807) is 4.90 Å². The molecule has 2 N–H and O–H groups in total. The highest BCUT2D eigenvalue weighted by Crippen LogP contribution is 2.03. The van der Waals surface area contributed by atoms with Crippen LogP contribution in [0.2, 0.25) is 0 Å².